The quantitative estimate of drug-likeness (QED) is 0.832. The van der Waals surface area contributed by atoms with Crippen LogP contribution in [0.3, 0.4) is 0 Å². The van der Waals surface area contributed by atoms with E-state index in [4.69, 9.17) is 5.11 Å². The maximum Gasteiger partial charge on any atom is 0.326 e. The summed E-state index contributed by atoms with van der Waals surface area (Å²) in [6, 6.07) is 0.832. The van der Waals surface area contributed by atoms with Crippen molar-refractivity contribution in [2.24, 2.45) is 0 Å². The van der Waals surface area contributed by atoms with Gasteiger partial charge < -0.3 is 10.4 Å². The second-order valence-corrected chi connectivity index (χ2v) is 4.47. The Morgan fingerprint density at radius 3 is 2.56 bits per heavy atom. The molecule has 0 spiro atoms. The van der Waals surface area contributed by atoms with E-state index in [1.54, 1.807) is 0 Å². The summed E-state index contributed by atoms with van der Waals surface area (Å²) in [5, 5.41) is 11.0. The summed E-state index contributed by atoms with van der Waals surface area (Å²) >= 11 is 2.88. The molecule has 0 aromatic heterocycles. The van der Waals surface area contributed by atoms with Gasteiger partial charge in [-0.1, -0.05) is 0 Å². The van der Waals surface area contributed by atoms with Gasteiger partial charge in [-0.05, 0) is 28.1 Å². The van der Waals surface area contributed by atoms with Crippen molar-refractivity contribution in [3.63, 3.8) is 0 Å². The maximum absolute atomic E-state index is 13.6. The molecule has 7 heteroatoms. The number of benzene rings is 1. The second-order valence-electron chi connectivity index (χ2n) is 3.62. The van der Waals surface area contributed by atoms with Crippen molar-refractivity contribution in [3.05, 3.63) is 33.8 Å². The zero-order valence-electron chi connectivity index (χ0n) is 9.34. The van der Waals surface area contributed by atoms with Gasteiger partial charge >= 0.3 is 5.97 Å². The number of halogens is 3. The molecular formula is C11H10BrF2NO3. The summed E-state index contributed by atoms with van der Waals surface area (Å²) in [5.41, 5.74) is -0.384. The molecule has 98 valence electrons. The lowest BCUT2D eigenvalue weighted by Gasteiger charge is -2.14. The normalized spacial score (nSPS) is 12.0. The molecule has 1 rings (SSSR count). The highest BCUT2D eigenvalue weighted by Crippen LogP contribution is 2.22. The van der Waals surface area contributed by atoms with E-state index in [1.807, 2.05) is 0 Å². The van der Waals surface area contributed by atoms with Crippen molar-refractivity contribution in [2.45, 2.75) is 19.4 Å². The zero-order chi connectivity index (χ0) is 13.9. The molecule has 0 heterocycles. The van der Waals surface area contributed by atoms with Crippen molar-refractivity contribution in [1.29, 1.82) is 0 Å². The third-order valence-electron chi connectivity index (χ3n) is 2.22. The molecule has 1 atom stereocenters. The summed E-state index contributed by atoms with van der Waals surface area (Å²) < 4.78 is 27.1. The molecule has 1 amide bonds. The number of hydrogen-bond acceptors (Lipinski definition) is 2. The van der Waals surface area contributed by atoms with E-state index in [-0.39, 0.29) is 10.0 Å². The van der Waals surface area contributed by atoms with E-state index in [2.05, 4.69) is 21.2 Å². The van der Waals surface area contributed by atoms with Crippen molar-refractivity contribution in [2.75, 3.05) is 0 Å². The van der Waals surface area contributed by atoms with E-state index in [0.29, 0.717) is 0 Å². The van der Waals surface area contributed by atoms with Gasteiger partial charge in [-0.2, -0.15) is 0 Å². The molecule has 0 radical (unpaired) electrons. The predicted octanol–water partition coefficient (Wildman–Crippen LogP) is 1.86. The third-order valence-corrected chi connectivity index (χ3v) is 2.84. The molecule has 0 aliphatic heterocycles. The Kier molecular flexibility index (Phi) is 4.77. The minimum atomic E-state index is -1.37. The van der Waals surface area contributed by atoms with Gasteiger partial charge in [0.25, 0.3) is 0 Å². The molecule has 2 N–H and O–H groups in total. The lowest BCUT2D eigenvalue weighted by Crippen LogP contribution is -2.41. The van der Waals surface area contributed by atoms with Crippen LogP contribution >= 0.6 is 15.9 Å². The molecule has 18 heavy (non-hydrogen) atoms. The van der Waals surface area contributed by atoms with Gasteiger partial charge in [0.15, 0.2) is 0 Å². The average molecular weight is 322 g/mol. The van der Waals surface area contributed by atoms with Crippen LogP contribution in [-0.4, -0.2) is 23.0 Å². The molecule has 4 nitrogen and oxygen atoms in total. The second kappa shape index (κ2) is 5.90. The van der Waals surface area contributed by atoms with Gasteiger partial charge in [-0.25, -0.2) is 13.6 Å². The van der Waals surface area contributed by atoms with Gasteiger partial charge in [0.1, 0.15) is 17.7 Å². The number of carboxylic acids is 1. The van der Waals surface area contributed by atoms with Crippen LogP contribution in [0.4, 0.5) is 8.78 Å². The van der Waals surface area contributed by atoms with E-state index < -0.39 is 36.0 Å². The van der Waals surface area contributed by atoms with Crippen LogP contribution in [0.5, 0.6) is 0 Å². The fraction of sp³-hybridized carbons (Fsp3) is 0.273. The van der Waals surface area contributed by atoms with Crippen LogP contribution < -0.4 is 5.32 Å². The number of amides is 1. The van der Waals surface area contributed by atoms with Crippen LogP contribution in [-0.2, 0) is 16.0 Å². The Balaban J connectivity index is 3.04. The molecule has 0 aliphatic rings. The van der Waals surface area contributed by atoms with Crippen LogP contribution in [0.2, 0.25) is 0 Å². The van der Waals surface area contributed by atoms with E-state index >= 15 is 0 Å². The minimum Gasteiger partial charge on any atom is -0.480 e. The summed E-state index contributed by atoms with van der Waals surface area (Å²) in [6.07, 6.45) is -0.466. The highest BCUT2D eigenvalue weighted by molar-refractivity contribution is 9.10. The number of hydrogen-bond donors (Lipinski definition) is 2. The summed E-state index contributed by atoms with van der Waals surface area (Å²) in [5.74, 6) is -3.67. The minimum absolute atomic E-state index is 0.0332. The fourth-order valence-electron chi connectivity index (χ4n) is 1.41. The topological polar surface area (TPSA) is 66.4 Å². The first-order valence-electron chi connectivity index (χ1n) is 4.95. The molecule has 0 saturated carbocycles. The van der Waals surface area contributed by atoms with Crippen LogP contribution in [0.1, 0.15) is 12.5 Å². The largest absolute Gasteiger partial charge is 0.480 e. The Hall–Kier alpha value is -1.50. The maximum atomic E-state index is 13.6. The number of carbonyl (C=O) groups excluding carboxylic acids is 1. The standard InChI is InChI=1S/C11H10BrF2NO3/c1-5(16)15-9(11(17)18)4-6-8(13)3-2-7(12)10(6)14/h2-3,9H,4H2,1H3,(H,15,16)(H,17,18). The van der Waals surface area contributed by atoms with Crippen LogP contribution in [0.15, 0.2) is 16.6 Å². The highest BCUT2D eigenvalue weighted by atomic mass is 79.9. The first kappa shape index (κ1) is 14.6. The SMILES string of the molecule is CC(=O)NC(Cc1c(F)ccc(Br)c1F)C(=O)O. The van der Waals surface area contributed by atoms with Crippen molar-refractivity contribution >= 4 is 27.8 Å². The van der Waals surface area contributed by atoms with E-state index in [1.165, 1.54) is 6.07 Å². The van der Waals surface area contributed by atoms with Gasteiger partial charge in [0, 0.05) is 18.9 Å². The number of nitrogens with one attached hydrogen (secondary N) is 1. The Labute approximate surface area is 110 Å². The Morgan fingerprint density at radius 1 is 1.44 bits per heavy atom. The molecular weight excluding hydrogens is 312 g/mol. The highest BCUT2D eigenvalue weighted by Gasteiger charge is 2.23. The van der Waals surface area contributed by atoms with Crippen molar-refractivity contribution < 1.29 is 23.5 Å². The zero-order valence-corrected chi connectivity index (χ0v) is 10.9. The number of carboxylic acid groups (broad SMARTS) is 1. The van der Waals surface area contributed by atoms with E-state index in [0.717, 1.165) is 13.0 Å². The molecule has 0 saturated heterocycles. The molecule has 0 fully saturated rings. The van der Waals surface area contributed by atoms with Crippen LogP contribution in [0, 0.1) is 11.6 Å². The first-order valence-corrected chi connectivity index (χ1v) is 5.74. The van der Waals surface area contributed by atoms with E-state index in [9.17, 15) is 18.4 Å². The van der Waals surface area contributed by atoms with Gasteiger partial charge in [-0.15, -0.1) is 0 Å². The van der Waals surface area contributed by atoms with Gasteiger partial charge in [0.2, 0.25) is 5.91 Å². The van der Waals surface area contributed by atoms with Crippen LogP contribution in [0.25, 0.3) is 0 Å². The Bertz CT molecular complexity index is 493. The Morgan fingerprint density at radius 2 is 2.06 bits per heavy atom. The molecule has 1 aromatic carbocycles. The smallest absolute Gasteiger partial charge is 0.326 e. The lowest BCUT2D eigenvalue weighted by atomic mass is 10.0. The molecule has 0 bridgehead atoms. The van der Waals surface area contributed by atoms with Gasteiger partial charge in [-0.3, -0.25) is 4.79 Å². The van der Waals surface area contributed by atoms with Crippen molar-refractivity contribution in [3.8, 4) is 0 Å². The average Bonchev–Trinajstić information content (AvgIpc) is 2.27. The first-order chi connectivity index (χ1) is 8.32. The monoisotopic (exact) mass is 321 g/mol. The fourth-order valence-corrected chi connectivity index (χ4v) is 1.78. The number of carbonyl (C=O) groups is 2. The number of aliphatic carboxylic acids is 1. The van der Waals surface area contributed by atoms with Crippen molar-refractivity contribution in [1.82, 2.24) is 5.32 Å². The molecule has 0 aliphatic carbocycles. The molecule has 1 unspecified atom stereocenters. The lowest BCUT2D eigenvalue weighted by molar-refractivity contribution is -0.141. The number of rotatable bonds is 4. The summed E-state index contributed by atoms with van der Waals surface area (Å²) in [6.45, 7) is 1.13. The van der Waals surface area contributed by atoms with Gasteiger partial charge in [0.05, 0.1) is 4.47 Å². The summed E-state index contributed by atoms with van der Waals surface area (Å²) in [7, 11) is 0. The molecule has 1 aromatic rings. The summed E-state index contributed by atoms with van der Waals surface area (Å²) in [4.78, 5) is 21.7. The third kappa shape index (κ3) is 3.49. The predicted molar refractivity (Wildman–Crippen MR) is 63.0 cm³/mol.